The smallest absolute Gasteiger partial charge is 0.350 e. The zero-order valence-corrected chi connectivity index (χ0v) is 18.6. The Kier molecular flexibility index (Phi) is 5.07. The fourth-order valence-corrected chi connectivity index (χ4v) is 6.24. The Morgan fingerprint density at radius 1 is 1.27 bits per heavy atom. The van der Waals surface area contributed by atoms with Crippen molar-refractivity contribution in [1.29, 1.82) is 0 Å². The van der Waals surface area contributed by atoms with Crippen molar-refractivity contribution in [3.8, 4) is 11.1 Å². The highest BCUT2D eigenvalue weighted by Crippen LogP contribution is 2.46. The lowest BCUT2D eigenvalue weighted by Gasteiger charge is -2.36. The maximum Gasteiger partial charge on any atom is 0.350 e. The molecule has 9 heteroatoms. The summed E-state index contributed by atoms with van der Waals surface area (Å²) in [5.41, 5.74) is 1.43. The summed E-state index contributed by atoms with van der Waals surface area (Å²) in [5.74, 6) is 0.0945. The second kappa shape index (κ2) is 7.62. The number of thioether (sulfide) groups is 1. The monoisotopic (exact) mass is 492 g/mol. The number of halogens is 3. The van der Waals surface area contributed by atoms with Crippen LogP contribution in [-0.2, 0) is 6.54 Å². The first-order chi connectivity index (χ1) is 14.5. The molecule has 0 aliphatic carbocycles. The van der Waals surface area contributed by atoms with E-state index in [1.807, 2.05) is 6.07 Å². The summed E-state index contributed by atoms with van der Waals surface area (Å²) < 4.78 is 30.6. The number of aromatic nitrogens is 2. The normalized spacial score (nSPS) is 18.8. The summed E-state index contributed by atoms with van der Waals surface area (Å²) in [6.45, 7) is 5.03. The van der Waals surface area contributed by atoms with Gasteiger partial charge in [-0.2, -0.15) is 4.98 Å². The highest BCUT2D eigenvalue weighted by atomic mass is 79.9. The van der Waals surface area contributed by atoms with E-state index >= 15 is 0 Å². The van der Waals surface area contributed by atoms with Crippen LogP contribution >= 0.6 is 27.7 Å². The van der Waals surface area contributed by atoms with Gasteiger partial charge in [0.1, 0.15) is 17.5 Å². The van der Waals surface area contributed by atoms with Gasteiger partial charge in [-0.25, -0.2) is 13.6 Å². The highest BCUT2D eigenvalue weighted by molar-refractivity contribution is 9.10. The molecule has 5 nitrogen and oxygen atoms in total. The number of nitrogens with zero attached hydrogens (tertiary/aromatic N) is 3. The van der Waals surface area contributed by atoms with Crippen molar-refractivity contribution in [2.45, 2.75) is 24.4 Å². The zero-order chi connectivity index (χ0) is 21.0. The van der Waals surface area contributed by atoms with Crippen LogP contribution in [0.1, 0.15) is 6.92 Å². The molecule has 1 fully saturated rings. The van der Waals surface area contributed by atoms with Gasteiger partial charge >= 0.3 is 5.69 Å². The molecule has 30 heavy (non-hydrogen) atoms. The van der Waals surface area contributed by atoms with Gasteiger partial charge in [0.05, 0.1) is 5.52 Å². The van der Waals surface area contributed by atoms with E-state index < -0.39 is 11.6 Å². The van der Waals surface area contributed by atoms with E-state index in [9.17, 15) is 13.6 Å². The van der Waals surface area contributed by atoms with Crippen molar-refractivity contribution in [3.05, 3.63) is 50.9 Å². The average molecular weight is 493 g/mol. The molecule has 1 atom stereocenters. The number of piperazine rings is 1. The molecule has 2 aliphatic heterocycles. The Balaban J connectivity index is 1.84. The van der Waals surface area contributed by atoms with Gasteiger partial charge in [-0.05, 0) is 25.1 Å². The fourth-order valence-electron chi connectivity index (χ4n) is 4.27. The van der Waals surface area contributed by atoms with Gasteiger partial charge in [0.25, 0.3) is 0 Å². The molecule has 1 N–H and O–H groups in total. The lowest BCUT2D eigenvalue weighted by molar-refractivity contribution is 0.497. The first kappa shape index (κ1) is 20.0. The average Bonchev–Trinajstić information content (AvgIpc) is 2.72. The van der Waals surface area contributed by atoms with Crippen LogP contribution in [0.25, 0.3) is 22.0 Å². The van der Waals surface area contributed by atoms with Gasteiger partial charge in [0, 0.05) is 69.9 Å². The number of nitrogens with one attached hydrogen (secondary N) is 1. The molecule has 1 aromatic heterocycles. The molecule has 0 amide bonds. The Morgan fingerprint density at radius 3 is 2.87 bits per heavy atom. The van der Waals surface area contributed by atoms with Crippen molar-refractivity contribution in [2.24, 2.45) is 0 Å². The third kappa shape index (κ3) is 3.14. The zero-order valence-electron chi connectivity index (χ0n) is 16.2. The first-order valence-corrected chi connectivity index (χ1v) is 11.6. The van der Waals surface area contributed by atoms with Crippen LogP contribution in [0.4, 0.5) is 14.6 Å². The van der Waals surface area contributed by atoms with Crippen LogP contribution in [0.5, 0.6) is 0 Å². The van der Waals surface area contributed by atoms with E-state index in [-0.39, 0.29) is 11.7 Å². The molecular weight excluding hydrogens is 474 g/mol. The van der Waals surface area contributed by atoms with E-state index in [0.29, 0.717) is 33.7 Å². The molecule has 0 saturated carbocycles. The summed E-state index contributed by atoms with van der Waals surface area (Å²) >= 11 is 5.20. The van der Waals surface area contributed by atoms with Gasteiger partial charge < -0.3 is 10.2 Å². The van der Waals surface area contributed by atoms with Crippen molar-refractivity contribution in [2.75, 3.05) is 30.3 Å². The van der Waals surface area contributed by atoms with Crippen LogP contribution in [0, 0.1) is 11.6 Å². The Hall–Kier alpha value is -1.97. The minimum Gasteiger partial charge on any atom is -0.351 e. The van der Waals surface area contributed by atoms with Crippen molar-refractivity contribution < 1.29 is 8.78 Å². The standard InChI is InChI=1S/C21H19BrF2N4OS/c1-11-10-25-4-5-27(11)20-14-9-15(22)17(13-3-2-12(23)8-16(13)24)19-18(14)28(6-7-30-19)21(29)26-20/h2-3,8-9,11,25H,4-7,10H2,1H3. The summed E-state index contributed by atoms with van der Waals surface area (Å²) in [6.07, 6.45) is 0. The number of rotatable bonds is 2. The van der Waals surface area contributed by atoms with Gasteiger partial charge in [-0.3, -0.25) is 4.57 Å². The molecule has 2 aromatic carbocycles. The largest absolute Gasteiger partial charge is 0.351 e. The molecule has 0 radical (unpaired) electrons. The van der Waals surface area contributed by atoms with Gasteiger partial charge in [-0.1, -0.05) is 15.9 Å². The minimum absolute atomic E-state index is 0.191. The minimum atomic E-state index is -0.628. The van der Waals surface area contributed by atoms with Crippen LogP contribution < -0.4 is 15.9 Å². The number of aryl methyl sites for hydroxylation is 1. The molecule has 1 unspecified atom stereocenters. The molecule has 3 heterocycles. The Morgan fingerprint density at radius 2 is 2.10 bits per heavy atom. The maximum absolute atomic E-state index is 14.7. The molecule has 5 rings (SSSR count). The fraction of sp³-hybridized carbons (Fsp3) is 0.333. The van der Waals surface area contributed by atoms with Crippen LogP contribution in [0.2, 0.25) is 0 Å². The number of hydrogen-bond donors (Lipinski definition) is 1. The molecule has 0 spiro atoms. The van der Waals surface area contributed by atoms with E-state index in [2.05, 4.69) is 38.1 Å². The molecular formula is C21H19BrF2N4OS. The lowest BCUT2D eigenvalue weighted by Crippen LogP contribution is -2.51. The highest BCUT2D eigenvalue weighted by Gasteiger charge is 2.28. The van der Waals surface area contributed by atoms with Crippen molar-refractivity contribution in [1.82, 2.24) is 14.9 Å². The first-order valence-electron chi connectivity index (χ1n) is 9.78. The van der Waals surface area contributed by atoms with Crippen LogP contribution in [0.3, 0.4) is 0 Å². The summed E-state index contributed by atoms with van der Waals surface area (Å²) in [5, 5.41) is 4.22. The molecule has 2 aliphatic rings. The number of anilines is 1. The third-order valence-electron chi connectivity index (χ3n) is 5.69. The Bertz CT molecular complexity index is 1230. The van der Waals surface area contributed by atoms with Gasteiger partial charge in [0.2, 0.25) is 0 Å². The summed E-state index contributed by atoms with van der Waals surface area (Å²) in [6, 6.07) is 5.69. The van der Waals surface area contributed by atoms with Gasteiger partial charge in [0.15, 0.2) is 0 Å². The van der Waals surface area contributed by atoms with Crippen molar-refractivity contribution in [3.63, 3.8) is 0 Å². The van der Waals surface area contributed by atoms with Crippen LogP contribution in [0.15, 0.2) is 38.4 Å². The predicted octanol–water partition coefficient (Wildman–Crippen LogP) is 4.01. The van der Waals surface area contributed by atoms with Gasteiger partial charge in [-0.15, -0.1) is 11.8 Å². The number of hydrogen-bond acceptors (Lipinski definition) is 5. The van der Waals surface area contributed by atoms with E-state index in [1.165, 1.54) is 12.1 Å². The quantitative estimate of drug-likeness (QED) is 0.585. The SMILES string of the molecule is CC1CNCCN1c1nc(=O)n2c3c(c(-c4ccc(F)cc4F)c(Br)cc13)SCC2. The molecule has 0 bridgehead atoms. The van der Waals surface area contributed by atoms with E-state index in [1.54, 1.807) is 16.3 Å². The molecule has 3 aromatic rings. The molecule has 1 saturated heterocycles. The topological polar surface area (TPSA) is 50.2 Å². The second-order valence-electron chi connectivity index (χ2n) is 7.55. The van der Waals surface area contributed by atoms with E-state index in [4.69, 9.17) is 0 Å². The summed E-state index contributed by atoms with van der Waals surface area (Å²) in [7, 11) is 0. The Labute approximate surface area is 184 Å². The number of benzene rings is 2. The van der Waals surface area contributed by atoms with E-state index in [0.717, 1.165) is 41.5 Å². The lowest BCUT2D eigenvalue weighted by atomic mass is 10.0. The molecule has 156 valence electrons. The second-order valence-corrected chi connectivity index (χ2v) is 9.51. The van der Waals surface area contributed by atoms with Crippen molar-refractivity contribution >= 4 is 44.4 Å². The maximum atomic E-state index is 14.7. The van der Waals surface area contributed by atoms with Crippen LogP contribution in [-0.4, -0.2) is 41.0 Å². The summed E-state index contributed by atoms with van der Waals surface area (Å²) in [4.78, 5) is 20.4. The predicted molar refractivity (Wildman–Crippen MR) is 119 cm³/mol. The third-order valence-corrected chi connectivity index (χ3v) is 7.38.